The molecule has 1 amide bonds. The zero-order valence-electron chi connectivity index (χ0n) is 21.8. The minimum Gasteiger partial charge on any atom is -0.496 e. The molecule has 0 radical (unpaired) electrons. The smallest absolute Gasteiger partial charge is 0.305 e. The van der Waals surface area contributed by atoms with E-state index in [2.05, 4.69) is 10.2 Å². The van der Waals surface area contributed by atoms with Crippen LogP contribution < -0.4 is 14.8 Å². The Morgan fingerprint density at radius 2 is 1.65 bits per heavy atom. The monoisotopic (exact) mass is 510 g/mol. The number of carboxylic acid groups (broad SMARTS) is 1. The molecule has 1 unspecified atom stereocenters. The number of aromatic nitrogens is 2. The molecule has 1 aliphatic carbocycles. The van der Waals surface area contributed by atoms with Gasteiger partial charge in [-0.3, -0.25) is 19.2 Å². The average molecular weight is 511 g/mol. The van der Waals surface area contributed by atoms with E-state index >= 15 is 0 Å². The summed E-state index contributed by atoms with van der Waals surface area (Å²) in [6.07, 6.45) is 9.65. The SMILES string of the molecule is COc1cccc(OC)c1-c1cc(C(=O)NC(CCN2C3CCC2CC3)CC(=O)O)nn1C1CCCC1. The molecule has 1 atom stereocenters. The summed E-state index contributed by atoms with van der Waals surface area (Å²) >= 11 is 0. The summed E-state index contributed by atoms with van der Waals surface area (Å²) in [6.45, 7) is 0.813. The molecule has 200 valence electrons. The standard InChI is InChI=1S/C28H38N4O5/c1-36-24-8-5-9-25(37-2)27(24)23-17-22(30-32(23)21-6-3-4-7-21)28(35)29-18(16-26(33)34)14-15-31-19-10-11-20(31)13-12-19/h5,8-9,17-21H,3-4,6-7,10-16H2,1-2H3,(H,29,35)(H,33,34). The molecular formula is C28H38N4O5. The van der Waals surface area contributed by atoms with Gasteiger partial charge < -0.3 is 19.9 Å². The summed E-state index contributed by atoms with van der Waals surface area (Å²) in [7, 11) is 3.23. The maximum Gasteiger partial charge on any atom is 0.305 e. The summed E-state index contributed by atoms with van der Waals surface area (Å²) in [5.74, 6) is 0.0389. The first kappa shape index (κ1) is 25.6. The summed E-state index contributed by atoms with van der Waals surface area (Å²) in [5.41, 5.74) is 1.82. The highest BCUT2D eigenvalue weighted by Crippen LogP contribution is 2.42. The number of nitrogens with one attached hydrogen (secondary N) is 1. The maximum absolute atomic E-state index is 13.4. The van der Waals surface area contributed by atoms with E-state index in [9.17, 15) is 14.7 Å². The first-order valence-electron chi connectivity index (χ1n) is 13.6. The number of amides is 1. The Balaban J connectivity index is 1.40. The minimum absolute atomic E-state index is 0.106. The lowest BCUT2D eigenvalue weighted by Gasteiger charge is -2.24. The molecule has 37 heavy (non-hydrogen) atoms. The quantitative estimate of drug-likeness (QED) is 0.465. The maximum atomic E-state index is 13.4. The topological polar surface area (TPSA) is 106 Å². The van der Waals surface area contributed by atoms with Crippen LogP contribution in [0.3, 0.4) is 0 Å². The zero-order chi connectivity index (χ0) is 25.9. The van der Waals surface area contributed by atoms with E-state index in [-0.39, 0.29) is 24.1 Å². The van der Waals surface area contributed by atoms with Gasteiger partial charge >= 0.3 is 5.97 Å². The molecule has 3 aliphatic rings. The van der Waals surface area contributed by atoms with Crippen molar-refractivity contribution >= 4 is 11.9 Å². The summed E-state index contributed by atoms with van der Waals surface area (Å²) in [4.78, 5) is 27.6. The van der Waals surface area contributed by atoms with Gasteiger partial charge in [0.05, 0.1) is 37.9 Å². The molecular weight excluding hydrogens is 472 g/mol. The molecule has 2 bridgehead atoms. The fourth-order valence-corrected chi connectivity index (χ4v) is 6.61. The lowest BCUT2D eigenvalue weighted by Crippen LogP contribution is -2.40. The van der Waals surface area contributed by atoms with Gasteiger partial charge in [0.1, 0.15) is 11.5 Å². The summed E-state index contributed by atoms with van der Waals surface area (Å²) in [6, 6.07) is 8.37. The molecule has 1 aromatic carbocycles. The predicted molar refractivity (Wildman–Crippen MR) is 139 cm³/mol. The molecule has 1 saturated carbocycles. The minimum atomic E-state index is -0.911. The first-order chi connectivity index (χ1) is 18.0. The van der Waals surface area contributed by atoms with Gasteiger partial charge in [-0.05, 0) is 63.1 Å². The third-order valence-electron chi connectivity index (χ3n) is 8.42. The Labute approximate surface area is 218 Å². The van der Waals surface area contributed by atoms with Crippen LogP contribution in [0.25, 0.3) is 11.3 Å². The van der Waals surface area contributed by atoms with Crippen molar-refractivity contribution in [2.75, 3.05) is 20.8 Å². The fourth-order valence-electron chi connectivity index (χ4n) is 6.61. The normalized spacial score (nSPS) is 22.3. The Bertz CT molecular complexity index is 1080. The van der Waals surface area contributed by atoms with Crippen molar-refractivity contribution in [3.05, 3.63) is 30.0 Å². The van der Waals surface area contributed by atoms with E-state index in [1.54, 1.807) is 20.3 Å². The van der Waals surface area contributed by atoms with E-state index in [4.69, 9.17) is 14.6 Å². The number of benzene rings is 1. The number of ether oxygens (including phenoxy) is 2. The van der Waals surface area contributed by atoms with Gasteiger partial charge in [0.15, 0.2) is 5.69 Å². The van der Waals surface area contributed by atoms with Crippen molar-refractivity contribution in [2.45, 2.75) is 88.4 Å². The predicted octanol–water partition coefficient (Wildman–Crippen LogP) is 4.27. The number of hydrogen-bond acceptors (Lipinski definition) is 6. The Kier molecular flexibility index (Phi) is 7.69. The number of fused-ring (bicyclic) bond motifs is 2. The average Bonchev–Trinajstić information content (AvgIpc) is 3.70. The third-order valence-corrected chi connectivity index (χ3v) is 8.42. The molecule has 3 fully saturated rings. The van der Waals surface area contributed by atoms with Gasteiger partial charge in [0.2, 0.25) is 0 Å². The Hall–Kier alpha value is -3.07. The van der Waals surface area contributed by atoms with E-state index in [0.717, 1.165) is 43.5 Å². The number of carbonyl (C=O) groups excluding carboxylic acids is 1. The number of rotatable bonds is 11. The molecule has 3 heterocycles. The number of carbonyl (C=O) groups is 2. The third kappa shape index (κ3) is 5.32. The van der Waals surface area contributed by atoms with Crippen LogP contribution in [0.1, 0.15) is 80.7 Å². The van der Waals surface area contributed by atoms with E-state index in [1.807, 2.05) is 22.9 Å². The zero-order valence-corrected chi connectivity index (χ0v) is 21.8. The van der Waals surface area contributed by atoms with Crippen LogP contribution >= 0.6 is 0 Å². The Morgan fingerprint density at radius 3 is 2.22 bits per heavy atom. The molecule has 9 nitrogen and oxygen atoms in total. The second-order valence-corrected chi connectivity index (χ2v) is 10.6. The summed E-state index contributed by atoms with van der Waals surface area (Å²) < 4.78 is 13.2. The van der Waals surface area contributed by atoms with Crippen LogP contribution in [0.15, 0.2) is 24.3 Å². The van der Waals surface area contributed by atoms with Crippen molar-refractivity contribution in [1.82, 2.24) is 20.0 Å². The lowest BCUT2D eigenvalue weighted by molar-refractivity contribution is -0.137. The van der Waals surface area contributed by atoms with Gasteiger partial charge in [0.25, 0.3) is 5.91 Å². The van der Waals surface area contributed by atoms with E-state index in [0.29, 0.717) is 30.0 Å². The first-order valence-corrected chi connectivity index (χ1v) is 13.6. The van der Waals surface area contributed by atoms with Crippen LogP contribution in [-0.4, -0.2) is 70.6 Å². The van der Waals surface area contributed by atoms with E-state index < -0.39 is 12.0 Å². The molecule has 5 rings (SSSR count). The summed E-state index contributed by atoms with van der Waals surface area (Å²) in [5, 5.41) is 17.3. The van der Waals surface area contributed by atoms with Crippen LogP contribution in [0.4, 0.5) is 0 Å². The lowest BCUT2D eigenvalue weighted by atomic mass is 10.0. The van der Waals surface area contributed by atoms with Crippen molar-refractivity contribution in [2.24, 2.45) is 0 Å². The molecule has 0 spiro atoms. The van der Waals surface area contributed by atoms with Crippen molar-refractivity contribution in [3.8, 4) is 22.8 Å². The highest BCUT2D eigenvalue weighted by atomic mass is 16.5. The number of carboxylic acids is 1. The molecule has 1 aromatic heterocycles. The van der Waals surface area contributed by atoms with Crippen molar-refractivity contribution in [1.29, 1.82) is 0 Å². The van der Waals surface area contributed by atoms with Gasteiger partial charge in [-0.15, -0.1) is 0 Å². The molecule has 2 aliphatic heterocycles. The number of nitrogens with zero attached hydrogens (tertiary/aromatic N) is 3. The van der Waals surface area contributed by atoms with Gasteiger partial charge in [-0.25, -0.2) is 0 Å². The number of hydrogen-bond donors (Lipinski definition) is 2. The molecule has 9 heteroatoms. The van der Waals surface area contributed by atoms with E-state index in [1.165, 1.54) is 25.7 Å². The van der Waals surface area contributed by atoms with Crippen LogP contribution in [0, 0.1) is 0 Å². The largest absolute Gasteiger partial charge is 0.496 e. The number of aliphatic carboxylic acids is 1. The van der Waals surface area contributed by atoms with Crippen LogP contribution in [0.2, 0.25) is 0 Å². The molecule has 2 saturated heterocycles. The second kappa shape index (κ2) is 11.1. The van der Waals surface area contributed by atoms with Crippen molar-refractivity contribution in [3.63, 3.8) is 0 Å². The van der Waals surface area contributed by atoms with Crippen molar-refractivity contribution < 1.29 is 24.2 Å². The highest BCUT2D eigenvalue weighted by Gasteiger charge is 2.39. The number of methoxy groups -OCH3 is 2. The second-order valence-electron chi connectivity index (χ2n) is 10.6. The molecule has 2 aromatic rings. The van der Waals surface area contributed by atoms with Crippen LogP contribution in [0.5, 0.6) is 11.5 Å². The molecule has 2 N–H and O–H groups in total. The van der Waals surface area contributed by atoms with Gasteiger partial charge in [-0.2, -0.15) is 5.10 Å². The highest BCUT2D eigenvalue weighted by molar-refractivity contribution is 5.94. The van der Waals surface area contributed by atoms with Crippen LogP contribution in [-0.2, 0) is 4.79 Å². The van der Waals surface area contributed by atoms with Gasteiger partial charge in [-0.1, -0.05) is 18.9 Å². The van der Waals surface area contributed by atoms with Gasteiger partial charge in [0, 0.05) is 24.7 Å². The fraction of sp³-hybridized carbons (Fsp3) is 0.607. The Morgan fingerprint density at radius 1 is 1.03 bits per heavy atom.